The molecule has 0 spiro atoms. The van der Waals surface area contributed by atoms with Crippen molar-refractivity contribution >= 4 is 0 Å². The van der Waals surface area contributed by atoms with Gasteiger partial charge in [-0.2, -0.15) is 5.10 Å². The molecule has 0 radical (unpaired) electrons. The minimum Gasteiger partial charge on any atom is -0.377 e. The largest absolute Gasteiger partial charge is 0.377 e. The molecule has 3 rings (SSSR count). The number of rotatable bonds is 2. The number of nitrogens with one attached hydrogen (secondary N) is 1. The van der Waals surface area contributed by atoms with Crippen molar-refractivity contribution in [1.29, 1.82) is 0 Å². The summed E-state index contributed by atoms with van der Waals surface area (Å²) in [5.74, 6) is 1.09. The second-order valence-corrected chi connectivity index (χ2v) is 4.67. The molecule has 1 N–H and O–H groups in total. The molecule has 16 heavy (non-hydrogen) atoms. The van der Waals surface area contributed by atoms with Crippen molar-refractivity contribution in [3.05, 3.63) is 12.2 Å². The van der Waals surface area contributed by atoms with E-state index in [0.717, 1.165) is 31.8 Å². The Bertz CT molecular complexity index is 365. The van der Waals surface area contributed by atoms with E-state index in [1.807, 2.05) is 4.68 Å². The molecular weight excluding hydrogens is 204 g/mol. The molecule has 1 aromatic heterocycles. The van der Waals surface area contributed by atoms with Crippen LogP contribution in [0.2, 0.25) is 0 Å². The predicted molar refractivity (Wildman–Crippen MR) is 59.0 cm³/mol. The number of fused-ring (bicyclic) bond motifs is 1. The first kappa shape index (κ1) is 10.2. The Balaban J connectivity index is 1.72. The second kappa shape index (κ2) is 4.14. The van der Waals surface area contributed by atoms with E-state index in [4.69, 9.17) is 4.74 Å². The Morgan fingerprint density at radius 1 is 1.50 bits per heavy atom. The van der Waals surface area contributed by atoms with Gasteiger partial charge in [0.2, 0.25) is 0 Å². The van der Waals surface area contributed by atoms with Crippen LogP contribution in [-0.4, -0.2) is 33.5 Å². The van der Waals surface area contributed by atoms with E-state index >= 15 is 0 Å². The molecule has 0 amide bonds. The van der Waals surface area contributed by atoms with Crippen LogP contribution in [0.3, 0.4) is 0 Å². The fraction of sp³-hybridized carbons (Fsp3) is 0.818. The van der Waals surface area contributed by atoms with Gasteiger partial charge in [0.05, 0.1) is 12.1 Å². The van der Waals surface area contributed by atoms with Crippen LogP contribution in [0.15, 0.2) is 6.33 Å². The molecule has 88 valence electrons. The monoisotopic (exact) mass is 222 g/mol. The van der Waals surface area contributed by atoms with Gasteiger partial charge < -0.3 is 10.1 Å². The predicted octanol–water partition coefficient (Wildman–Crippen LogP) is 0.880. The van der Waals surface area contributed by atoms with E-state index < -0.39 is 0 Å². The van der Waals surface area contributed by atoms with Crippen molar-refractivity contribution in [3.63, 3.8) is 0 Å². The maximum atomic E-state index is 5.57. The number of hydrogen-bond acceptors (Lipinski definition) is 4. The standard InChI is InChI=1S/C11H18N4O/c1-8-9(4-6-16-8)14-10-3-2-5-15-11(10)12-7-13-15/h7-10,14H,2-6H2,1H3. The molecule has 0 bridgehead atoms. The number of aryl methyl sites for hydroxylation is 1. The minimum absolute atomic E-state index is 0.318. The smallest absolute Gasteiger partial charge is 0.143 e. The summed E-state index contributed by atoms with van der Waals surface area (Å²) < 4.78 is 7.59. The lowest BCUT2D eigenvalue weighted by Crippen LogP contribution is -2.40. The molecule has 2 aliphatic rings. The molecule has 1 saturated heterocycles. The van der Waals surface area contributed by atoms with Crippen LogP contribution in [0.25, 0.3) is 0 Å². The van der Waals surface area contributed by atoms with Crippen molar-refractivity contribution in [2.24, 2.45) is 0 Å². The lowest BCUT2D eigenvalue weighted by Gasteiger charge is -2.27. The Morgan fingerprint density at radius 2 is 2.44 bits per heavy atom. The molecule has 0 saturated carbocycles. The Morgan fingerprint density at radius 3 is 3.25 bits per heavy atom. The van der Waals surface area contributed by atoms with E-state index in [1.54, 1.807) is 6.33 Å². The van der Waals surface area contributed by atoms with Gasteiger partial charge in [-0.3, -0.25) is 0 Å². The number of ether oxygens (including phenoxy) is 1. The topological polar surface area (TPSA) is 52.0 Å². The molecule has 2 aliphatic heterocycles. The van der Waals surface area contributed by atoms with E-state index in [1.165, 1.54) is 6.42 Å². The summed E-state index contributed by atoms with van der Waals surface area (Å²) in [5, 5.41) is 7.90. The fourth-order valence-corrected chi connectivity index (χ4v) is 2.66. The van der Waals surface area contributed by atoms with Crippen LogP contribution in [0.4, 0.5) is 0 Å². The molecule has 3 heterocycles. The molecule has 1 aromatic rings. The van der Waals surface area contributed by atoms with Crippen molar-refractivity contribution in [1.82, 2.24) is 20.1 Å². The maximum Gasteiger partial charge on any atom is 0.143 e. The molecule has 3 unspecified atom stereocenters. The summed E-state index contributed by atoms with van der Waals surface area (Å²) in [6.07, 6.45) is 5.41. The molecular formula is C11H18N4O. The highest BCUT2D eigenvalue weighted by molar-refractivity contribution is 4.99. The molecule has 5 nitrogen and oxygen atoms in total. The fourth-order valence-electron chi connectivity index (χ4n) is 2.66. The third kappa shape index (κ3) is 1.74. The summed E-state index contributed by atoms with van der Waals surface area (Å²) in [6, 6.07) is 0.818. The third-order valence-electron chi connectivity index (χ3n) is 3.61. The molecule has 0 aliphatic carbocycles. The van der Waals surface area contributed by atoms with Crippen molar-refractivity contribution in [2.45, 2.75) is 50.9 Å². The molecule has 3 atom stereocenters. The zero-order valence-corrected chi connectivity index (χ0v) is 9.59. The zero-order chi connectivity index (χ0) is 11.0. The third-order valence-corrected chi connectivity index (χ3v) is 3.61. The Kier molecular flexibility index (Phi) is 2.65. The van der Waals surface area contributed by atoms with Crippen LogP contribution in [0, 0.1) is 0 Å². The summed E-state index contributed by atoms with van der Waals surface area (Å²) in [6.45, 7) is 4.01. The highest BCUT2D eigenvalue weighted by atomic mass is 16.5. The van der Waals surface area contributed by atoms with Gasteiger partial charge in [-0.1, -0.05) is 0 Å². The van der Waals surface area contributed by atoms with Crippen LogP contribution < -0.4 is 5.32 Å². The second-order valence-electron chi connectivity index (χ2n) is 4.67. The summed E-state index contributed by atoms with van der Waals surface area (Å²) in [4.78, 5) is 4.35. The average molecular weight is 222 g/mol. The van der Waals surface area contributed by atoms with Crippen molar-refractivity contribution < 1.29 is 4.74 Å². The number of aromatic nitrogens is 3. The lowest BCUT2D eigenvalue weighted by molar-refractivity contribution is 0.109. The van der Waals surface area contributed by atoms with Gasteiger partial charge in [0.15, 0.2) is 0 Å². The summed E-state index contributed by atoms with van der Waals surface area (Å²) in [7, 11) is 0. The van der Waals surface area contributed by atoms with Gasteiger partial charge in [0.25, 0.3) is 0 Å². The molecule has 0 aromatic carbocycles. The lowest BCUT2D eigenvalue weighted by atomic mass is 10.0. The SMILES string of the molecule is CC1OCCC1NC1CCCn2ncnc21. The maximum absolute atomic E-state index is 5.57. The Labute approximate surface area is 95.2 Å². The average Bonchev–Trinajstić information content (AvgIpc) is 2.89. The zero-order valence-electron chi connectivity index (χ0n) is 9.59. The molecule has 1 fully saturated rings. The van der Waals surface area contributed by atoms with Crippen molar-refractivity contribution in [2.75, 3.05) is 6.61 Å². The van der Waals surface area contributed by atoms with E-state index in [9.17, 15) is 0 Å². The van der Waals surface area contributed by atoms with Crippen LogP contribution in [0.5, 0.6) is 0 Å². The summed E-state index contributed by atoms with van der Waals surface area (Å²) >= 11 is 0. The summed E-state index contributed by atoms with van der Waals surface area (Å²) in [5.41, 5.74) is 0. The highest BCUT2D eigenvalue weighted by Gasteiger charge is 2.30. The Hall–Kier alpha value is -0.940. The first-order valence-electron chi connectivity index (χ1n) is 6.10. The molecule has 5 heteroatoms. The van der Waals surface area contributed by atoms with E-state index in [-0.39, 0.29) is 0 Å². The van der Waals surface area contributed by atoms with Gasteiger partial charge in [0.1, 0.15) is 12.2 Å². The number of hydrogen-bond donors (Lipinski definition) is 1. The van der Waals surface area contributed by atoms with Gasteiger partial charge in [-0.25, -0.2) is 9.67 Å². The van der Waals surface area contributed by atoms with Crippen molar-refractivity contribution in [3.8, 4) is 0 Å². The first-order valence-corrected chi connectivity index (χ1v) is 6.10. The first-order chi connectivity index (χ1) is 7.84. The van der Waals surface area contributed by atoms with Crippen LogP contribution >= 0.6 is 0 Å². The number of nitrogens with zero attached hydrogens (tertiary/aromatic N) is 3. The normalized spacial score (nSPS) is 33.9. The van der Waals surface area contributed by atoms with Gasteiger partial charge in [-0.05, 0) is 26.2 Å². The van der Waals surface area contributed by atoms with Gasteiger partial charge in [-0.15, -0.1) is 0 Å². The highest BCUT2D eigenvalue weighted by Crippen LogP contribution is 2.25. The van der Waals surface area contributed by atoms with Gasteiger partial charge >= 0.3 is 0 Å². The quantitative estimate of drug-likeness (QED) is 0.807. The minimum atomic E-state index is 0.318. The van der Waals surface area contributed by atoms with Crippen LogP contribution in [-0.2, 0) is 11.3 Å². The van der Waals surface area contributed by atoms with Crippen LogP contribution in [0.1, 0.15) is 38.1 Å². The van der Waals surface area contributed by atoms with E-state index in [2.05, 4.69) is 22.3 Å². The van der Waals surface area contributed by atoms with E-state index in [0.29, 0.717) is 18.2 Å². The van der Waals surface area contributed by atoms with Gasteiger partial charge in [0, 0.05) is 19.2 Å².